The fourth-order valence-electron chi connectivity index (χ4n) is 0.957. The van der Waals surface area contributed by atoms with Crippen molar-refractivity contribution in [1.29, 1.82) is 0 Å². The van der Waals surface area contributed by atoms with Gasteiger partial charge in [0.05, 0.1) is 4.34 Å². The van der Waals surface area contributed by atoms with Gasteiger partial charge in [-0.25, -0.2) is 0 Å². The van der Waals surface area contributed by atoms with Crippen LogP contribution in [0.1, 0.15) is 24.6 Å². The SMILES string of the molecule is CC=CC(C)c1ccc(Cl)s1. The van der Waals surface area contributed by atoms with E-state index in [1.54, 1.807) is 11.3 Å². The predicted molar refractivity (Wildman–Crippen MR) is 52.6 cm³/mol. The molecule has 1 atom stereocenters. The maximum absolute atomic E-state index is 5.80. The molecule has 0 saturated carbocycles. The number of hydrogen-bond donors (Lipinski definition) is 0. The molecule has 0 radical (unpaired) electrons. The van der Waals surface area contributed by atoms with Crippen LogP contribution in [0.15, 0.2) is 24.3 Å². The van der Waals surface area contributed by atoms with Gasteiger partial charge in [0, 0.05) is 10.8 Å². The molecule has 0 amide bonds. The number of hydrogen-bond acceptors (Lipinski definition) is 1. The number of halogens is 1. The van der Waals surface area contributed by atoms with Crippen molar-refractivity contribution in [3.05, 3.63) is 33.5 Å². The second-order valence-electron chi connectivity index (χ2n) is 2.46. The van der Waals surface area contributed by atoms with Crippen LogP contribution in [-0.4, -0.2) is 0 Å². The highest BCUT2D eigenvalue weighted by Crippen LogP contribution is 2.28. The number of rotatable bonds is 2. The first-order valence-corrected chi connectivity index (χ1v) is 4.81. The summed E-state index contributed by atoms with van der Waals surface area (Å²) in [6, 6.07) is 4.03. The molecule has 2 heteroatoms. The monoisotopic (exact) mass is 186 g/mol. The Labute approximate surface area is 76.5 Å². The summed E-state index contributed by atoms with van der Waals surface area (Å²) in [5, 5.41) is 0. The average molecular weight is 187 g/mol. The first kappa shape index (κ1) is 8.82. The zero-order valence-electron chi connectivity index (χ0n) is 6.67. The van der Waals surface area contributed by atoms with Gasteiger partial charge in [-0.1, -0.05) is 30.7 Å². The van der Waals surface area contributed by atoms with Gasteiger partial charge in [0.1, 0.15) is 0 Å². The summed E-state index contributed by atoms with van der Waals surface area (Å²) in [5.41, 5.74) is 0. The lowest BCUT2D eigenvalue weighted by molar-refractivity contribution is 0.995. The molecule has 0 fully saturated rings. The van der Waals surface area contributed by atoms with E-state index in [-0.39, 0.29) is 0 Å². The van der Waals surface area contributed by atoms with Crippen LogP contribution in [0.2, 0.25) is 4.34 Å². The molecule has 0 N–H and O–H groups in total. The molecular weight excluding hydrogens is 176 g/mol. The smallest absolute Gasteiger partial charge is 0.0931 e. The third kappa shape index (κ3) is 2.35. The maximum atomic E-state index is 5.80. The highest BCUT2D eigenvalue weighted by atomic mass is 35.5. The third-order valence-electron chi connectivity index (χ3n) is 1.52. The Morgan fingerprint density at radius 1 is 1.55 bits per heavy atom. The van der Waals surface area contributed by atoms with Gasteiger partial charge in [0.15, 0.2) is 0 Å². The van der Waals surface area contributed by atoms with E-state index in [2.05, 4.69) is 25.1 Å². The molecule has 1 rings (SSSR count). The van der Waals surface area contributed by atoms with Crippen LogP contribution in [0, 0.1) is 0 Å². The highest BCUT2D eigenvalue weighted by Gasteiger charge is 2.03. The van der Waals surface area contributed by atoms with Gasteiger partial charge in [-0.15, -0.1) is 11.3 Å². The Bertz CT molecular complexity index is 250. The fraction of sp³-hybridized carbons (Fsp3) is 0.333. The quantitative estimate of drug-likeness (QED) is 0.611. The zero-order chi connectivity index (χ0) is 8.27. The summed E-state index contributed by atoms with van der Waals surface area (Å²) >= 11 is 7.45. The van der Waals surface area contributed by atoms with Crippen molar-refractivity contribution in [3.63, 3.8) is 0 Å². The minimum atomic E-state index is 0.498. The first-order valence-electron chi connectivity index (χ1n) is 3.62. The van der Waals surface area contributed by atoms with Crippen LogP contribution in [-0.2, 0) is 0 Å². The average Bonchev–Trinajstić information content (AvgIpc) is 2.36. The van der Waals surface area contributed by atoms with Gasteiger partial charge in [-0.2, -0.15) is 0 Å². The van der Waals surface area contributed by atoms with Gasteiger partial charge >= 0.3 is 0 Å². The predicted octanol–water partition coefficient (Wildman–Crippen LogP) is 4.08. The second-order valence-corrected chi connectivity index (χ2v) is 4.20. The fourth-order valence-corrected chi connectivity index (χ4v) is 2.05. The Morgan fingerprint density at radius 2 is 2.27 bits per heavy atom. The second kappa shape index (κ2) is 3.93. The van der Waals surface area contributed by atoms with Crippen LogP contribution in [0.3, 0.4) is 0 Å². The molecule has 0 aliphatic heterocycles. The first-order chi connectivity index (χ1) is 5.24. The third-order valence-corrected chi connectivity index (χ3v) is 2.96. The Balaban J connectivity index is 2.76. The maximum Gasteiger partial charge on any atom is 0.0931 e. The summed E-state index contributed by atoms with van der Waals surface area (Å²) in [6.07, 6.45) is 4.24. The van der Waals surface area contributed by atoms with E-state index in [1.807, 2.05) is 13.0 Å². The van der Waals surface area contributed by atoms with E-state index in [9.17, 15) is 0 Å². The Kier molecular flexibility index (Phi) is 3.16. The van der Waals surface area contributed by atoms with Gasteiger partial charge in [0.25, 0.3) is 0 Å². The minimum Gasteiger partial charge on any atom is -0.128 e. The van der Waals surface area contributed by atoms with Gasteiger partial charge in [0.2, 0.25) is 0 Å². The van der Waals surface area contributed by atoms with E-state index >= 15 is 0 Å². The Morgan fingerprint density at radius 3 is 2.73 bits per heavy atom. The lowest BCUT2D eigenvalue weighted by atomic mass is 10.1. The summed E-state index contributed by atoms with van der Waals surface area (Å²) in [7, 11) is 0. The standard InChI is InChI=1S/C9H11ClS/c1-3-4-7(2)8-5-6-9(10)11-8/h3-7H,1-2H3. The molecule has 0 saturated heterocycles. The van der Waals surface area contributed by atoms with E-state index in [1.165, 1.54) is 4.88 Å². The van der Waals surface area contributed by atoms with E-state index < -0.39 is 0 Å². The van der Waals surface area contributed by atoms with Crippen molar-refractivity contribution in [2.75, 3.05) is 0 Å². The molecule has 1 aromatic heterocycles. The van der Waals surface area contributed by atoms with E-state index in [0.29, 0.717) is 5.92 Å². The zero-order valence-corrected chi connectivity index (χ0v) is 8.25. The molecule has 0 aliphatic rings. The van der Waals surface area contributed by atoms with Gasteiger partial charge in [-0.05, 0) is 19.1 Å². The summed E-state index contributed by atoms with van der Waals surface area (Å²) < 4.78 is 0.872. The molecule has 1 heterocycles. The van der Waals surface area contributed by atoms with E-state index in [4.69, 9.17) is 11.6 Å². The molecule has 60 valence electrons. The molecule has 0 bridgehead atoms. The topological polar surface area (TPSA) is 0 Å². The molecule has 1 aromatic rings. The van der Waals surface area contributed by atoms with Crippen molar-refractivity contribution < 1.29 is 0 Å². The molecule has 0 spiro atoms. The largest absolute Gasteiger partial charge is 0.128 e. The Hall–Kier alpha value is -0.270. The van der Waals surface area contributed by atoms with Crippen LogP contribution < -0.4 is 0 Å². The van der Waals surface area contributed by atoms with E-state index in [0.717, 1.165) is 4.34 Å². The van der Waals surface area contributed by atoms with Crippen LogP contribution in [0.4, 0.5) is 0 Å². The normalized spacial score (nSPS) is 14.1. The lowest BCUT2D eigenvalue weighted by Gasteiger charge is -1.99. The van der Waals surface area contributed by atoms with Crippen LogP contribution in [0.25, 0.3) is 0 Å². The van der Waals surface area contributed by atoms with Crippen molar-refractivity contribution in [2.45, 2.75) is 19.8 Å². The van der Waals surface area contributed by atoms with Crippen LogP contribution >= 0.6 is 22.9 Å². The van der Waals surface area contributed by atoms with Crippen molar-refractivity contribution in [2.24, 2.45) is 0 Å². The number of thiophene rings is 1. The summed E-state index contributed by atoms with van der Waals surface area (Å²) in [4.78, 5) is 1.33. The molecular formula is C9H11ClS. The lowest BCUT2D eigenvalue weighted by Crippen LogP contribution is -1.81. The van der Waals surface area contributed by atoms with Gasteiger partial charge < -0.3 is 0 Å². The van der Waals surface area contributed by atoms with Crippen LogP contribution in [0.5, 0.6) is 0 Å². The van der Waals surface area contributed by atoms with Crippen molar-refractivity contribution >= 4 is 22.9 Å². The van der Waals surface area contributed by atoms with Crippen molar-refractivity contribution in [3.8, 4) is 0 Å². The van der Waals surface area contributed by atoms with Crippen molar-refractivity contribution in [1.82, 2.24) is 0 Å². The molecule has 11 heavy (non-hydrogen) atoms. The molecule has 0 aromatic carbocycles. The highest BCUT2D eigenvalue weighted by molar-refractivity contribution is 7.16. The molecule has 1 unspecified atom stereocenters. The van der Waals surface area contributed by atoms with Gasteiger partial charge in [-0.3, -0.25) is 0 Å². The summed E-state index contributed by atoms with van der Waals surface area (Å²) in [6.45, 7) is 4.20. The number of allylic oxidation sites excluding steroid dienone is 2. The molecule has 0 nitrogen and oxygen atoms in total. The summed E-state index contributed by atoms with van der Waals surface area (Å²) in [5.74, 6) is 0.498. The minimum absolute atomic E-state index is 0.498. The molecule has 0 aliphatic carbocycles.